The number of pyridine rings is 1. The van der Waals surface area contributed by atoms with Crippen LogP contribution in [0.15, 0.2) is 169 Å². The summed E-state index contributed by atoms with van der Waals surface area (Å²) in [5.41, 5.74) is 19.3. The smallest absolute Gasteiger partial charge is 0.263 e. The van der Waals surface area contributed by atoms with Gasteiger partial charge in [-0.1, -0.05) is 147 Å². The van der Waals surface area contributed by atoms with Crippen LogP contribution in [0.4, 0.5) is 0 Å². The average Bonchev–Trinajstić information content (AvgIpc) is 3.90. The van der Waals surface area contributed by atoms with Crippen LogP contribution in [0.25, 0.3) is 82.5 Å². The third-order valence-electron chi connectivity index (χ3n) is 13.5. The molecule has 0 atom stereocenters. The second kappa shape index (κ2) is 9.85. The molecule has 3 aliphatic rings. The van der Waals surface area contributed by atoms with Crippen LogP contribution < -0.4 is 5.56 Å². The fraction of sp³-hybridized carbons (Fsp3) is 0.0755. The van der Waals surface area contributed by atoms with E-state index in [-0.39, 0.29) is 11.0 Å². The first-order chi connectivity index (χ1) is 27.0. The molecule has 0 saturated carbocycles. The molecule has 2 nitrogen and oxygen atoms in total. The van der Waals surface area contributed by atoms with Crippen LogP contribution in [0.1, 0.15) is 47.2 Å². The highest BCUT2D eigenvalue weighted by Gasteiger charge is 2.51. The molecule has 0 saturated heterocycles. The average molecular weight is 700 g/mol. The van der Waals surface area contributed by atoms with Crippen molar-refractivity contribution in [2.75, 3.05) is 0 Å². The monoisotopic (exact) mass is 699 g/mol. The highest BCUT2D eigenvalue weighted by atomic mass is 16.1. The van der Waals surface area contributed by atoms with E-state index in [1.807, 2.05) is 16.5 Å². The minimum absolute atomic E-state index is 0.0314. The van der Waals surface area contributed by atoms with E-state index < -0.39 is 5.41 Å². The van der Waals surface area contributed by atoms with Crippen LogP contribution in [-0.4, -0.2) is 4.40 Å². The van der Waals surface area contributed by atoms with Gasteiger partial charge in [-0.05, 0) is 114 Å². The highest BCUT2D eigenvalue weighted by molar-refractivity contribution is 6.23. The summed E-state index contributed by atoms with van der Waals surface area (Å²) in [6.07, 6.45) is 0. The van der Waals surface area contributed by atoms with Gasteiger partial charge in [-0.15, -0.1) is 0 Å². The van der Waals surface area contributed by atoms with E-state index in [9.17, 15) is 4.79 Å². The molecule has 2 aromatic heterocycles. The van der Waals surface area contributed by atoms with Gasteiger partial charge in [-0.25, -0.2) is 0 Å². The number of aromatic nitrogens is 1. The zero-order chi connectivity index (χ0) is 36.4. The van der Waals surface area contributed by atoms with Gasteiger partial charge >= 0.3 is 0 Å². The first-order valence-corrected chi connectivity index (χ1v) is 19.3. The van der Waals surface area contributed by atoms with Crippen molar-refractivity contribution in [3.05, 3.63) is 208 Å². The lowest BCUT2D eigenvalue weighted by atomic mass is 9.70. The van der Waals surface area contributed by atoms with E-state index in [1.165, 1.54) is 77.9 Å². The molecule has 8 aromatic carbocycles. The van der Waals surface area contributed by atoms with E-state index in [1.54, 1.807) is 0 Å². The van der Waals surface area contributed by atoms with Crippen molar-refractivity contribution in [1.82, 2.24) is 4.40 Å². The fourth-order valence-electron chi connectivity index (χ4n) is 11.3. The van der Waals surface area contributed by atoms with Crippen molar-refractivity contribution in [2.45, 2.75) is 24.7 Å². The zero-order valence-electron chi connectivity index (χ0n) is 30.4. The molecule has 2 heterocycles. The van der Waals surface area contributed by atoms with Gasteiger partial charge < -0.3 is 0 Å². The number of nitrogens with zero attached hydrogens (tertiary/aromatic N) is 1. The molecule has 0 fully saturated rings. The first-order valence-electron chi connectivity index (χ1n) is 19.3. The van der Waals surface area contributed by atoms with E-state index in [4.69, 9.17) is 0 Å². The van der Waals surface area contributed by atoms with Crippen LogP contribution in [0.5, 0.6) is 0 Å². The van der Waals surface area contributed by atoms with Crippen LogP contribution in [0, 0.1) is 0 Å². The third kappa shape index (κ3) is 3.33. The van der Waals surface area contributed by atoms with Crippen molar-refractivity contribution >= 4 is 38.0 Å². The number of benzene rings is 8. The molecule has 0 radical (unpaired) electrons. The molecule has 0 bridgehead atoms. The lowest BCUT2D eigenvalue weighted by molar-refractivity contribution is 0.660. The Morgan fingerprint density at radius 1 is 0.400 bits per heavy atom. The van der Waals surface area contributed by atoms with E-state index in [0.717, 1.165) is 38.0 Å². The Balaban J connectivity index is 1.20. The summed E-state index contributed by atoms with van der Waals surface area (Å²) < 4.78 is 2.03. The normalized spacial score (nSPS) is 15.1. The number of hydrogen-bond acceptors (Lipinski definition) is 1. The van der Waals surface area contributed by atoms with Gasteiger partial charge in [-0.2, -0.15) is 0 Å². The summed E-state index contributed by atoms with van der Waals surface area (Å²) in [5.74, 6) is 0. The molecule has 256 valence electrons. The minimum Gasteiger partial charge on any atom is -0.275 e. The number of hydrogen-bond donors (Lipinski definition) is 0. The maximum Gasteiger partial charge on any atom is 0.263 e. The fourth-order valence-corrected chi connectivity index (χ4v) is 11.3. The predicted octanol–water partition coefficient (Wildman–Crippen LogP) is 12.5. The maximum absolute atomic E-state index is 14.9. The molecular formula is C53H33NO. The van der Waals surface area contributed by atoms with E-state index >= 15 is 0 Å². The Hall–Kier alpha value is -6.77. The summed E-state index contributed by atoms with van der Waals surface area (Å²) in [4.78, 5) is 14.9. The van der Waals surface area contributed by atoms with Crippen LogP contribution in [0.3, 0.4) is 0 Å². The van der Waals surface area contributed by atoms with Gasteiger partial charge in [0.05, 0.1) is 16.4 Å². The summed E-state index contributed by atoms with van der Waals surface area (Å²) in [5, 5.41) is 5.07. The summed E-state index contributed by atoms with van der Waals surface area (Å²) in [7, 11) is 0. The van der Waals surface area contributed by atoms with Crippen LogP contribution >= 0.6 is 0 Å². The topological polar surface area (TPSA) is 21.5 Å². The second-order valence-electron chi connectivity index (χ2n) is 16.3. The Labute approximate surface area is 317 Å². The zero-order valence-corrected chi connectivity index (χ0v) is 30.4. The van der Waals surface area contributed by atoms with Crippen LogP contribution in [0.2, 0.25) is 0 Å². The molecule has 13 rings (SSSR count). The van der Waals surface area contributed by atoms with Crippen LogP contribution in [-0.2, 0) is 10.8 Å². The molecule has 55 heavy (non-hydrogen) atoms. The Morgan fingerprint density at radius 3 is 1.58 bits per heavy atom. The van der Waals surface area contributed by atoms with Gasteiger partial charge in [0.15, 0.2) is 0 Å². The van der Waals surface area contributed by atoms with Gasteiger partial charge in [0.1, 0.15) is 0 Å². The Kier molecular flexibility index (Phi) is 5.31. The number of rotatable bonds is 1. The second-order valence-corrected chi connectivity index (χ2v) is 16.3. The Bertz CT molecular complexity index is 3390. The van der Waals surface area contributed by atoms with Gasteiger partial charge in [0.25, 0.3) is 5.56 Å². The van der Waals surface area contributed by atoms with Gasteiger partial charge in [0, 0.05) is 27.0 Å². The van der Waals surface area contributed by atoms with E-state index in [2.05, 4.69) is 166 Å². The summed E-state index contributed by atoms with van der Waals surface area (Å²) in [6.45, 7) is 4.69. The van der Waals surface area contributed by atoms with E-state index in [0.29, 0.717) is 0 Å². The summed E-state index contributed by atoms with van der Waals surface area (Å²) in [6, 6.07) is 60.2. The molecule has 0 N–H and O–H groups in total. The molecule has 0 aliphatic heterocycles. The SMILES string of the molecule is CC1(C)c2ccccc2-c2c(-c3cc4c5ccccc5c(=O)n5c6cc7c(cc6c(c3)c45)-c3ccccc3C73c4ccccc4-c4ccccc43)cccc21. The van der Waals surface area contributed by atoms with Gasteiger partial charge in [-0.3, -0.25) is 9.20 Å². The molecule has 2 heteroatoms. The standard InChI is InChI=1S/C53H33NO/c1-52(2)42-21-9-8-19-37(42)49-31(20-13-25-46(49)52)30-26-40-32-14-3-4-18-36(32)51(55)54-48-29-47-38(28-39(48)41(27-30)50(40)54)35-17-7-12-24-45(35)53(47)43-22-10-5-15-33(43)34-16-6-11-23-44(34)53/h3-29H,1-2H3. The van der Waals surface area contributed by atoms with Crippen molar-refractivity contribution in [3.63, 3.8) is 0 Å². The lowest BCUT2D eigenvalue weighted by Gasteiger charge is -2.30. The third-order valence-corrected chi connectivity index (χ3v) is 13.5. The molecular weight excluding hydrogens is 667 g/mol. The van der Waals surface area contributed by atoms with Crippen molar-refractivity contribution in [3.8, 4) is 44.5 Å². The quantitative estimate of drug-likeness (QED) is 0.156. The molecule has 3 aliphatic carbocycles. The van der Waals surface area contributed by atoms with Crippen molar-refractivity contribution in [2.24, 2.45) is 0 Å². The minimum atomic E-state index is -0.488. The predicted molar refractivity (Wildman–Crippen MR) is 227 cm³/mol. The van der Waals surface area contributed by atoms with Crippen molar-refractivity contribution in [1.29, 1.82) is 0 Å². The number of fused-ring (bicyclic) bond motifs is 18. The lowest BCUT2D eigenvalue weighted by Crippen LogP contribution is -2.26. The molecule has 10 aromatic rings. The molecule has 0 amide bonds. The van der Waals surface area contributed by atoms with Gasteiger partial charge in [0.2, 0.25) is 0 Å². The Morgan fingerprint density at radius 2 is 0.909 bits per heavy atom. The largest absolute Gasteiger partial charge is 0.275 e. The molecule has 0 unspecified atom stereocenters. The maximum atomic E-state index is 14.9. The molecule has 1 spiro atoms. The highest BCUT2D eigenvalue weighted by Crippen LogP contribution is 2.63. The summed E-state index contributed by atoms with van der Waals surface area (Å²) >= 11 is 0. The first kappa shape index (κ1) is 29.7. The van der Waals surface area contributed by atoms with Crippen molar-refractivity contribution < 1.29 is 0 Å².